The lowest BCUT2D eigenvalue weighted by atomic mass is 9.92. The molecule has 24 heavy (non-hydrogen) atoms. The Morgan fingerprint density at radius 3 is 2.83 bits per heavy atom. The van der Waals surface area contributed by atoms with Crippen molar-refractivity contribution in [3.8, 4) is 0 Å². The van der Waals surface area contributed by atoms with Crippen LogP contribution in [0.5, 0.6) is 0 Å². The second kappa shape index (κ2) is 8.20. The summed E-state index contributed by atoms with van der Waals surface area (Å²) in [5, 5.41) is 6.03. The average molecular weight is 329 g/mol. The number of anilines is 1. The number of ether oxygens (including phenoxy) is 1. The Labute approximate surface area is 144 Å². The van der Waals surface area contributed by atoms with E-state index < -0.39 is 0 Å². The molecule has 2 atom stereocenters. The summed E-state index contributed by atoms with van der Waals surface area (Å²) in [6.07, 6.45) is 8.82. The van der Waals surface area contributed by atoms with E-state index in [0.717, 1.165) is 37.9 Å². The van der Waals surface area contributed by atoms with Crippen molar-refractivity contribution in [2.45, 2.75) is 44.4 Å². The first-order chi connectivity index (χ1) is 11.8. The zero-order chi connectivity index (χ0) is 16.8. The minimum Gasteiger partial charge on any atom is -0.379 e. The van der Waals surface area contributed by atoms with E-state index in [1.165, 1.54) is 12.1 Å². The van der Waals surface area contributed by atoms with Crippen molar-refractivity contribution in [1.82, 2.24) is 10.6 Å². The third kappa shape index (κ3) is 4.29. The first-order valence-electron chi connectivity index (χ1n) is 8.82. The summed E-state index contributed by atoms with van der Waals surface area (Å²) in [5.41, 5.74) is 2.31. The molecule has 3 rings (SSSR count). The zero-order valence-electron chi connectivity index (χ0n) is 14.3. The molecule has 130 valence electrons. The van der Waals surface area contributed by atoms with Crippen LogP contribution in [0, 0.1) is 0 Å². The lowest BCUT2D eigenvalue weighted by Crippen LogP contribution is -2.49. The molecule has 0 aromatic heterocycles. The highest BCUT2D eigenvalue weighted by atomic mass is 16.5. The van der Waals surface area contributed by atoms with Gasteiger partial charge in [0, 0.05) is 32.4 Å². The topological polar surface area (TPSA) is 53.6 Å². The fraction of sp³-hybridized carbons (Fsp3) is 0.526. The smallest absolute Gasteiger partial charge is 0.315 e. The summed E-state index contributed by atoms with van der Waals surface area (Å²) in [4.78, 5) is 14.5. The SMILES string of the molecule is COC1CCCCC1NC(=O)NCc1cccc(N2CC=CC2)c1. The molecule has 2 aliphatic rings. The average Bonchev–Trinajstić information content (AvgIpc) is 3.15. The fourth-order valence-electron chi connectivity index (χ4n) is 3.50. The van der Waals surface area contributed by atoms with Crippen LogP contribution >= 0.6 is 0 Å². The van der Waals surface area contributed by atoms with Crippen LogP contribution in [0.2, 0.25) is 0 Å². The highest BCUT2D eigenvalue weighted by Gasteiger charge is 2.26. The van der Waals surface area contributed by atoms with Crippen molar-refractivity contribution < 1.29 is 9.53 Å². The van der Waals surface area contributed by atoms with Gasteiger partial charge in [-0.05, 0) is 30.5 Å². The molecule has 2 unspecified atom stereocenters. The molecule has 5 nitrogen and oxygen atoms in total. The number of hydrogen-bond donors (Lipinski definition) is 2. The number of carbonyl (C=O) groups excluding carboxylic acids is 1. The predicted molar refractivity (Wildman–Crippen MR) is 96.2 cm³/mol. The number of carbonyl (C=O) groups is 1. The van der Waals surface area contributed by atoms with Gasteiger partial charge < -0.3 is 20.3 Å². The van der Waals surface area contributed by atoms with Crippen molar-refractivity contribution in [2.24, 2.45) is 0 Å². The molecular weight excluding hydrogens is 302 g/mol. The van der Waals surface area contributed by atoms with Gasteiger partial charge in [0.1, 0.15) is 0 Å². The van der Waals surface area contributed by atoms with Gasteiger partial charge in [-0.1, -0.05) is 37.1 Å². The summed E-state index contributed by atoms with van der Waals surface area (Å²) >= 11 is 0. The lowest BCUT2D eigenvalue weighted by molar-refractivity contribution is 0.0452. The maximum atomic E-state index is 12.2. The van der Waals surface area contributed by atoms with Gasteiger partial charge in [-0.2, -0.15) is 0 Å². The van der Waals surface area contributed by atoms with Gasteiger partial charge in [-0.15, -0.1) is 0 Å². The van der Waals surface area contributed by atoms with Gasteiger partial charge in [-0.3, -0.25) is 0 Å². The third-order valence-corrected chi connectivity index (χ3v) is 4.87. The first kappa shape index (κ1) is 16.8. The third-order valence-electron chi connectivity index (χ3n) is 4.87. The van der Waals surface area contributed by atoms with Gasteiger partial charge in [-0.25, -0.2) is 4.79 Å². The summed E-state index contributed by atoms with van der Waals surface area (Å²) in [7, 11) is 1.72. The van der Waals surface area contributed by atoms with Gasteiger partial charge >= 0.3 is 6.03 Å². The van der Waals surface area contributed by atoms with Crippen molar-refractivity contribution in [1.29, 1.82) is 0 Å². The van der Waals surface area contributed by atoms with E-state index in [1.807, 2.05) is 12.1 Å². The van der Waals surface area contributed by atoms with Crippen LogP contribution in [0.25, 0.3) is 0 Å². The summed E-state index contributed by atoms with van der Waals surface area (Å²) < 4.78 is 5.49. The number of rotatable bonds is 5. The minimum absolute atomic E-state index is 0.114. The molecule has 1 aromatic rings. The molecule has 1 fully saturated rings. The second-order valence-corrected chi connectivity index (χ2v) is 6.54. The van der Waals surface area contributed by atoms with Crippen LogP contribution < -0.4 is 15.5 Å². The Morgan fingerprint density at radius 2 is 2.04 bits per heavy atom. The Bertz CT molecular complexity index is 580. The number of nitrogens with one attached hydrogen (secondary N) is 2. The predicted octanol–water partition coefficient (Wildman–Crippen LogP) is 2.82. The number of nitrogens with zero attached hydrogens (tertiary/aromatic N) is 1. The normalized spacial score (nSPS) is 23.3. The van der Waals surface area contributed by atoms with E-state index in [2.05, 4.69) is 39.8 Å². The van der Waals surface area contributed by atoms with E-state index in [1.54, 1.807) is 7.11 Å². The van der Waals surface area contributed by atoms with E-state index in [0.29, 0.717) is 6.54 Å². The van der Waals surface area contributed by atoms with Crippen molar-refractivity contribution >= 4 is 11.7 Å². The van der Waals surface area contributed by atoms with Gasteiger partial charge in [0.05, 0.1) is 12.1 Å². The second-order valence-electron chi connectivity index (χ2n) is 6.54. The van der Waals surface area contributed by atoms with Gasteiger partial charge in [0.25, 0.3) is 0 Å². The van der Waals surface area contributed by atoms with E-state index >= 15 is 0 Å². The standard InChI is InChI=1S/C19H27N3O2/c1-24-18-10-3-2-9-17(18)21-19(23)20-14-15-7-6-8-16(13-15)22-11-4-5-12-22/h4-8,13,17-18H,2-3,9-12,14H2,1H3,(H2,20,21,23). The maximum Gasteiger partial charge on any atom is 0.315 e. The summed E-state index contributed by atoms with van der Waals surface area (Å²) in [6.45, 7) is 2.44. The monoisotopic (exact) mass is 329 g/mol. The van der Waals surface area contributed by atoms with E-state index in [9.17, 15) is 4.79 Å². The van der Waals surface area contributed by atoms with Crippen LogP contribution in [0.3, 0.4) is 0 Å². The molecule has 1 aliphatic heterocycles. The van der Waals surface area contributed by atoms with Crippen LogP contribution in [0.4, 0.5) is 10.5 Å². The quantitative estimate of drug-likeness (QED) is 0.817. The molecule has 0 saturated heterocycles. The first-order valence-corrected chi connectivity index (χ1v) is 8.82. The van der Waals surface area contributed by atoms with Gasteiger partial charge in [0.15, 0.2) is 0 Å². The van der Waals surface area contributed by atoms with Crippen LogP contribution in [-0.2, 0) is 11.3 Å². The number of methoxy groups -OCH3 is 1. The molecule has 1 saturated carbocycles. The number of hydrogen-bond acceptors (Lipinski definition) is 3. The molecule has 1 aromatic carbocycles. The van der Waals surface area contributed by atoms with Crippen molar-refractivity contribution in [3.63, 3.8) is 0 Å². The fourth-order valence-corrected chi connectivity index (χ4v) is 3.50. The Hall–Kier alpha value is -2.01. The van der Waals surface area contributed by atoms with E-state index in [4.69, 9.17) is 4.74 Å². The lowest BCUT2D eigenvalue weighted by Gasteiger charge is -2.31. The Morgan fingerprint density at radius 1 is 1.25 bits per heavy atom. The van der Waals surface area contributed by atoms with Crippen LogP contribution in [0.1, 0.15) is 31.2 Å². The zero-order valence-corrected chi connectivity index (χ0v) is 14.3. The molecule has 2 N–H and O–H groups in total. The van der Waals surface area contributed by atoms with E-state index in [-0.39, 0.29) is 18.2 Å². The molecule has 2 amide bonds. The number of benzene rings is 1. The van der Waals surface area contributed by atoms with Crippen molar-refractivity contribution in [2.75, 3.05) is 25.1 Å². The van der Waals surface area contributed by atoms with Crippen LogP contribution in [-0.4, -0.2) is 38.4 Å². The maximum absolute atomic E-state index is 12.2. The largest absolute Gasteiger partial charge is 0.379 e. The highest BCUT2D eigenvalue weighted by Crippen LogP contribution is 2.21. The summed E-state index contributed by atoms with van der Waals surface area (Å²) in [5.74, 6) is 0. The highest BCUT2D eigenvalue weighted by molar-refractivity contribution is 5.74. The number of amides is 2. The summed E-state index contributed by atoms with van der Waals surface area (Å²) in [6, 6.07) is 8.35. The van der Waals surface area contributed by atoms with Crippen LogP contribution in [0.15, 0.2) is 36.4 Å². The minimum atomic E-state index is -0.114. The Balaban J connectivity index is 1.49. The molecule has 1 heterocycles. The van der Waals surface area contributed by atoms with Gasteiger partial charge in [0.2, 0.25) is 0 Å². The van der Waals surface area contributed by atoms with Crippen molar-refractivity contribution in [3.05, 3.63) is 42.0 Å². The number of urea groups is 1. The Kier molecular flexibility index (Phi) is 5.75. The molecular formula is C19H27N3O2. The molecule has 0 spiro atoms. The molecule has 1 aliphatic carbocycles. The molecule has 5 heteroatoms. The molecule has 0 radical (unpaired) electrons. The molecule has 0 bridgehead atoms.